The Kier molecular flexibility index (Phi) is 5.29. The zero-order valence-electron chi connectivity index (χ0n) is 12.1. The average Bonchev–Trinajstić information content (AvgIpc) is 2.43. The number of likely N-dealkylation sites (N-methyl/N-ethyl adjacent to an activating group) is 2. The minimum Gasteiger partial charge on any atom is -0.340 e. The number of aryl methyl sites for hydroxylation is 1. The van der Waals surface area contributed by atoms with Crippen molar-refractivity contribution in [3.63, 3.8) is 0 Å². The van der Waals surface area contributed by atoms with Gasteiger partial charge < -0.3 is 9.80 Å². The van der Waals surface area contributed by atoms with Crippen molar-refractivity contribution in [2.45, 2.75) is 12.2 Å². The summed E-state index contributed by atoms with van der Waals surface area (Å²) in [6.45, 7) is 1.50. The summed E-state index contributed by atoms with van der Waals surface area (Å²) < 4.78 is 0. The number of fused-ring (bicyclic) bond motifs is 1. The van der Waals surface area contributed by atoms with Gasteiger partial charge in [-0.3, -0.25) is 4.79 Å². The third-order valence-electron chi connectivity index (χ3n) is 3.35. The molecule has 1 aromatic heterocycles. The first kappa shape index (κ1) is 15.6. The summed E-state index contributed by atoms with van der Waals surface area (Å²) in [6, 6.07) is 1.92. The second-order valence-corrected chi connectivity index (χ2v) is 6.73. The number of thioether (sulfide) groups is 1. The maximum atomic E-state index is 12.4. The molecular formula is C14H20ClN3OS. The summed E-state index contributed by atoms with van der Waals surface area (Å²) in [5.41, 5.74) is 2.71. The first-order chi connectivity index (χ1) is 9.49. The highest BCUT2D eigenvalue weighted by Crippen LogP contribution is 2.27. The molecule has 1 amide bonds. The normalized spacial score (nSPS) is 14.2. The Morgan fingerprint density at radius 2 is 2.15 bits per heavy atom. The van der Waals surface area contributed by atoms with Crippen molar-refractivity contribution >= 4 is 29.3 Å². The number of carbonyl (C=O) groups excluding carboxylic acids is 1. The topological polar surface area (TPSA) is 36.4 Å². The van der Waals surface area contributed by atoms with Crippen LogP contribution in [0.25, 0.3) is 0 Å². The quantitative estimate of drug-likeness (QED) is 0.798. The van der Waals surface area contributed by atoms with Crippen LogP contribution in [0.1, 0.15) is 21.6 Å². The molecule has 0 saturated heterocycles. The van der Waals surface area contributed by atoms with Gasteiger partial charge in [0.15, 0.2) is 0 Å². The van der Waals surface area contributed by atoms with Crippen LogP contribution in [0.3, 0.4) is 0 Å². The predicted octanol–water partition coefficient (Wildman–Crippen LogP) is 2.16. The molecule has 1 aromatic rings. The molecule has 0 aromatic carbocycles. The van der Waals surface area contributed by atoms with Crippen LogP contribution in [-0.2, 0) is 12.2 Å². The van der Waals surface area contributed by atoms with E-state index in [2.05, 4.69) is 4.98 Å². The number of carbonyl (C=O) groups is 1. The molecule has 20 heavy (non-hydrogen) atoms. The highest BCUT2D eigenvalue weighted by Gasteiger charge is 2.20. The van der Waals surface area contributed by atoms with Crippen LogP contribution >= 0.6 is 23.4 Å². The molecule has 0 spiro atoms. The van der Waals surface area contributed by atoms with Crippen LogP contribution in [-0.4, -0.2) is 60.7 Å². The van der Waals surface area contributed by atoms with E-state index in [0.717, 1.165) is 35.7 Å². The minimum atomic E-state index is -0.0530. The molecule has 1 aliphatic heterocycles. The van der Waals surface area contributed by atoms with Crippen molar-refractivity contribution in [1.29, 1.82) is 0 Å². The standard InChI is InChI=1S/C14H20ClN3OS/c1-17(2)5-6-18(3)14(19)11-8-10-9-20-7-4-12(10)16-13(11)15/h8H,4-7,9H2,1-3H3. The van der Waals surface area contributed by atoms with Crippen molar-refractivity contribution in [3.8, 4) is 0 Å². The van der Waals surface area contributed by atoms with Crippen molar-refractivity contribution in [2.24, 2.45) is 0 Å². The fraction of sp³-hybridized carbons (Fsp3) is 0.571. The summed E-state index contributed by atoms with van der Waals surface area (Å²) in [6.07, 6.45) is 0.935. The predicted molar refractivity (Wildman–Crippen MR) is 84.6 cm³/mol. The summed E-state index contributed by atoms with van der Waals surface area (Å²) in [7, 11) is 5.78. The molecule has 0 unspecified atom stereocenters. The Morgan fingerprint density at radius 3 is 2.85 bits per heavy atom. The van der Waals surface area contributed by atoms with Gasteiger partial charge in [0.25, 0.3) is 5.91 Å². The zero-order chi connectivity index (χ0) is 14.7. The SMILES string of the molecule is CN(C)CCN(C)C(=O)c1cc2c(nc1Cl)CCSC2. The molecule has 0 bridgehead atoms. The summed E-state index contributed by atoms with van der Waals surface area (Å²) >= 11 is 8.06. The van der Waals surface area contributed by atoms with Gasteiger partial charge in [-0.2, -0.15) is 11.8 Å². The third-order valence-corrected chi connectivity index (χ3v) is 4.64. The van der Waals surface area contributed by atoms with E-state index >= 15 is 0 Å². The third kappa shape index (κ3) is 3.65. The van der Waals surface area contributed by atoms with Gasteiger partial charge >= 0.3 is 0 Å². The van der Waals surface area contributed by atoms with Gasteiger partial charge in [0.2, 0.25) is 0 Å². The molecule has 0 saturated carbocycles. The number of hydrogen-bond acceptors (Lipinski definition) is 4. The van der Waals surface area contributed by atoms with E-state index in [1.54, 1.807) is 11.9 Å². The lowest BCUT2D eigenvalue weighted by Gasteiger charge is -2.21. The van der Waals surface area contributed by atoms with Gasteiger partial charge in [0, 0.05) is 31.6 Å². The van der Waals surface area contributed by atoms with Gasteiger partial charge in [0.1, 0.15) is 5.15 Å². The smallest absolute Gasteiger partial charge is 0.256 e. The molecular weight excluding hydrogens is 294 g/mol. The molecule has 0 fully saturated rings. The van der Waals surface area contributed by atoms with Crippen LogP contribution in [0.4, 0.5) is 0 Å². The minimum absolute atomic E-state index is 0.0530. The van der Waals surface area contributed by atoms with Crippen LogP contribution in [0.2, 0.25) is 5.15 Å². The van der Waals surface area contributed by atoms with Crippen molar-refractivity contribution in [2.75, 3.05) is 40.0 Å². The molecule has 110 valence electrons. The number of amides is 1. The van der Waals surface area contributed by atoms with Crippen molar-refractivity contribution in [1.82, 2.24) is 14.8 Å². The Labute approximate surface area is 129 Å². The summed E-state index contributed by atoms with van der Waals surface area (Å²) in [5.74, 6) is 1.94. The lowest BCUT2D eigenvalue weighted by molar-refractivity contribution is 0.0786. The molecule has 2 heterocycles. The summed E-state index contributed by atoms with van der Waals surface area (Å²) in [5, 5.41) is 0.331. The van der Waals surface area contributed by atoms with E-state index in [1.165, 1.54) is 0 Å². The number of rotatable bonds is 4. The van der Waals surface area contributed by atoms with Crippen molar-refractivity contribution < 1.29 is 4.79 Å². The Morgan fingerprint density at radius 1 is 1.40 bits per heavy atom. The van der Waals surface area contributed by atoms with Gasteiger partial charge in [-0.05, 0) is 37.9 Å². The van der Waals surface area contributed by atoms with Crippen LogP contribution in [0, 0.1) is 0 Å². The molecule has 0 radical (unpaired) electrons. The molecule has 0 N–H and O–H groups in total. The largest absolute Gasteiger partial charge is 0.340 e. The molecule has 1 aliphatic rings. The Balaban J connectivity index is 2.17. The second kappa shape index (κ2) is 6.78. The van der Waals surface area contributed by atoms with E-state index in [0.29, 0.717) is 17.3 Å². The number of hydrogen-bond donors (Lipinski definition) is 0. The highest BCUT2D eigenvalue weighted by atomic mass is 35.5. The van der Waals surface area contributed by atoms with Gasteiger partial charge in [0.05, 0.1) is 5.56 Å². The van der Waals surface area contributed by atoms with E-state index in [1.807, 2.05) is 36.8 Å². The number of pyridine rings is 1. The first-order valence-electron chi connectivity index (χ1n) is 6.65. The first-order valence-corrected chi connectivity index (χ1v) is 8.18. The lowest BCUT2D eigenvalue weighted by Crippen LogP contribution is -2.34. The monoisotopic (exact) mass is 313 g/mol. The second-order valence-electron chi connectivity index (χ2n) is 5.27. The van der Waals surface area contributed by atoms with E-state index in [4.69, 9.17) is 11.6 Å². The molecule has 0 atom stereocenters. The fourth-order valence-electron chi connectivity index (χ4n) is 2.07. The number of halogens is 1. The van der Waals surface area contributed by atoms with Gasteiger partial charge in [-0.25, -0.2) is 4.98 Å². The zero-order valence-corrected chi connectivity index (χ0v) is 13.7. The van der Waals surface area contributed by atoms with Crippen molar-refractivity contribution in [3.05, 3.63) is 28.0 Å². The van der Waals surface area contributed by atoms with Crippen LogP contribution < -0.4 is 0 Å². The van der Waals surface area contributed by atoms with E-state index < -0.39 is 0 Å². The summed E-state index contributed by atoms with van der Waals surface area (Å²) in [4.78, 5) is 20.6. The number of aromatic nitrogens is 1. The molecule has 6 heteroatoms. The molecule has 4 nitrogen and oxygen atoms in total. The van der Waals surface area contributed by atoms with Gasteiger partial charge in [-0.1, -0.05) is 11.6 Å². The van der Waals surface area contributed by atoms with Gasteiger partial charge in [-0.15, -0.1) is 0 Å². The van der Waals surface area contributed by atoms with E-state index in [-0.39, 0.29) is 5.91 Å². The maximum Gasteiger partial charge on any atom is 0.256 e. The van der Waals surface area contributed by atoms with Crippen LogP contribution in [0.15, 0.2) is 6.07 Å². The highest BCUT2D eigenvalue weighted by molar-refractivity contribution is 7.98. The van der Waals surface area contributed by atoms with Crippen LogP contribution in [0.5, 0.6) is 0 Å². The molecule has 0 aliphatic carbocycles. The lowest BCUT2D eigenvalue weighted by atomic mass is 10.1. The maximum absolute atomic E-state index is 12.4. The number of nitrogens with zero attached hydrogens (tertiary/aromatic N) is 3. The Hall–Kier alpha value is -0.780. The average molecular weight is 314 g/mol. The Bertz CT molecular complexity index is 507. The van der Waals surface area contributed by atoms with E-state index in [9.17, 15) is 4.79 Å². The fourth-order valence-corrected chi connectivity index (χ4v) is 3.26. The molecule has 2 rings (SSSR count).